The number of guanidine groups is 1. The minimum Gasteiger partial charge on any atom is -0.487 e. The maximum absolute atomic E-state index is 13.4. The van der Waals surface area contributed by atoms with E-state index in [2.05, 4.69) is 9.71 Å². The Morgan fingerprint density at radius 1 is 1.06 bits per heavy atom. The lowest BCUT2D eigenvalue weighted by atomic mass is 9.94. The average Bonchev–Trinajstić information content (AvgIpc) is 3.51. The zero-order chi connectivity index (χ0) is 34.3. The van der Waals surface area contributed by atoms with E-state index in [1.807, 2.05) is 69.3 Å². The van der Waals surface area contributed by atoms with Crippen molar-refractivity contribution in [2.45, 2.75) is 83.3 Å². The van der Waals surface area contributed by atoms with Gasteiger partial charge >= 0.3 is 12.2 Å². The number of imide groups is 1. The van der Waals surface area contributed by atoms with E-state index in [9.17, 15) is 23.1 Å². The number of amides is 2. The number of fused-ring (bicyclic) bond motifs is 4. The first-order chi connectivity index (χ1) is 22.1. The minimum absolute atomic E-state index is 0.00217. The van der Waals surface area contributed by atoms with Crippen molar-refractivity contribution < 1.29 is 32.6 Å². The van der Waals surface area contributed by atoms with E-state index >= 15 is 0 Å². The van der Waals surface area contributed by atoms with Gasteiger partial charge in [0.15, 0.2) is 0 Å². The van der Waals surface area contributed by atoms with E-state index in [0.717, 1.165) is 39.1 Å². The zero-order valence-corrected chi connectivity index (χ0v) is 28.4. The minimum atomic E-state index is -4.05. The summed E-state index contributed by atoms with van der Waals surface area (Å²) in [6, 6.07) is 15.1. The van der Waals surface area contributed by atoms with Crippen molar-refractivity contribution in [2.75, 3.05) is 13.2 Å². The van der Waals surface area contributed by atoms with Gasteiger partial charge in [-0.25, -0.2) is 27.6 Å². The molecule has 3 aromatic carbocycles. The van der Waals surface area contributed by atoms with Crippen LogP contribution in [-0.4, -0.2) is 61.4 Å². The van der Waals surface area contributed by atoms with Crippen molar-refractivity contribution in [3.05, 3.63) is 81.9 Å². The highest BCUT2D eigenvalue weighted by atomic mass is 32.2. The second kappa shape index (κ2) is 12.9. The highest BCUT2D eigenvalue weighted by Gasteiger charge is 2.37. The number of carboxylic acid groups (broad SMARTS) is 1. The summed E-state index contributed by atoms with van der Waals surface area (Å²) in [5.74, 6) is 0.248. The zero-order valence-electron chi connectivity index (χ0n) is 27.6. The lowest BCUT2D eigenvalue weighted by Crippen LogP contribution is -2.43. The molecule has 1 atom stereocenters. The molecule has 0 aromatic heterocycles. The van der Waals surface area contributed by atoms with Gasteiger partial charge in [0, 0.05) is 30.5 Å². The van der Waals surface area contributed by atoms with Crippen LogP contribution in [0.3, 0.4) is 0 Å². The third-order valence-corrected chi connectivity index (χ3v) is 10.7. The summed E-state index contributed by atoms with van der Waals surface area (Å²) in [6.45, 7) is 11.0. The normalized spacial score (nSPS) is 15.7. The van der Waals surface area contributed by atoms with Crippen molar-refractivity contribution >= 4 is 28.2 Å². The third kappa shape index (κ3) is 6.64. The maximum Gasteiger partial charge on any atom is 0.419 e. The lowest BCUT2D eigenvalue weighted by molar-refractivity contribution is 0.0792. The van der Waals surface area contributed by atoms with Crippen LogP contribution in [0.4, 0.5) is 9.59 Å². The molecule has 0 saturated heterocycles. The number of hydrogen-bond donors (Lipinski definition) is 3. The molecule has 0 spiro atoms. The molecule has 0 radical (unpaired) electrons. The van der Waals surface area contributed by atoms with Crippen LogP contribution in [0.25, 0.3) is 11.1 Å². The molecular weight excluding hydrogens is 620 g/mol. The molecule has 1 aliphatic heterocycles. The number of benzene rings is 3. The third-order valence-electron chi connectivity index (χ3n) is 9.04. The fourth-order valence-electron chi connectivity index (χ4n) is 6.69. The Bertz CT molecular complexity index is 1820. The van der Waals surface area contributed by atoms with Gasteiger partial charge < -0.3 is 20.3 Å². The highest BCUT2D eigenvalue weighted by molar-refractivity contribution is 7.90. The van der Waals surface area contributed by atoms with Crippen molar-refractivity contribution in [3.63, 3.8) is 0 Å². The molecule has 0 unspecified atom stereocenters. The molecule has 1 aliphatic carbocycles. The standard InChI is InChI=1S/C35H42N4O7S/c1-20(39(33(40)41)34(42)45-19-29-26-15-9-7-13-24(26)25-14-8-10-16-27(25)29)12-11-17-37-32(36)38-47(43,44)31-22(3)21(2)30-28(23(31)4)18-35(5,6)46-30/h7-10,13-16,20,29H,11-12,17-19H2,1-6H3,(H,40,41)(H3,36,37,38)/t20-/m1/s1. The topological polar surface area (TPSA) is 161 Å². The average molecular weight is 663 g/mol. The van der Waals surface area contributed by atoms with Gasteiger partial charge in [0.1, 0.15) is 18.0 Å². The summed E-state index contributed by atoms with van der Waals surface area (Å²) < 4.78 is 40.9. The first kappa shape index (κ1) is 33.8. The number of nitrogens with zero attached hydrogens (tertiary/aromatic N) is 2. The molecule has 0 saturated carbocycles. The van der Waals surface area contributed by atoms with E-state index < -0.39 is 33.9 Å². The summed E-state index contributed by atoms with van der Waals surface area (Å²) in [5.41, 5.74) is 12.6. The van der Waals surface area contributed by atoms with Crippen molar-refractivity contribution in [2.24, 2.45) is 10.7 Å². The maximum atomic E-state index is 13.4. The Morgan fingerprint density at radius 2 is 1.66 bits per heavy atom. The van der Waals surface area contributed by atoms with Gasteiger partial charge in [-0.05, 0) is 93.3 Å². The summed E-state index contributed by atoms with van der Waals surface area (Å²) >= 11 is 0. The highest BCUT2D eigenvalue weighted by Crippen LogP contribution is 2.45. The Balaban J connectivity index is 1.18. The van der Waals surface area contributed by atoms with E-state index in [4.69, 9.17) is 15.2 Å². The number of carbonyl (C=O) groups is 2. The van der Waals surface area contributed by atoms with Crippen LogP contribution >= 0.6 is 0 Å². The summed E-state index contributed by atoms with van der Waals surface area (Å²) in [5, 5.41) is 9.85. The molecule has 3 aromatic rings. The van der Waals surface area contributed by atoms with Crippen LogP contribution in [0.2, 0.25) is 0 Å². The summed E-state index contributed by atoms with van der Waals surface area (Å²) in [7, 11) is -4.05. The van der Waals surface area contributed by atoms with Gasteiger partial charge in [-0.3, -0.25) is 4.99 Å². The van der Waals surface area contributed by atoms with Crippen molar-refractivity contribution in [1.29, 1.82) is 0 Å². The second-order valence-electron chi connectivity index (χ2n) is 12.9. The Hall–Kier alpha value is -4.58. The summed E-state index contributed by atoms with van der Waals surface area (Å²) in [6.07, 6.45) is -1.19. The number of sulfonamides is 1. The van der Waals surface area contributed by atoms with Crippen molar-refractivity contribution in [1.82, 2.24) is 9.62 Å². The van der Waals surface area contributed by atoms with Gasteiger partial charge in [0.05, 0.1) is 4.90 Å². The van der Waals surface area contributed by atoms with Crippen LogP contribution in [-0.2, 0) is 21.2 Å². The van der Waals surface area contributed by atoms with E-state index in [-0.39, 0.29) is 36.3 Å². The largest absolute Gasteiger partial charge is 0.487 e. The van der Waals surface area contributed by atoms with Gasteiger partial charge in [-0.1, -0.05) is 48.5 Å². The fraction of sp³-hybridized carbons (Fsp3) is 0.400. The van der Waals surface area contributed by atoms with Crippen LogP contribution in [0, 0.1) is 20.8 Å². The molecule has 12 heteroatoms. The molecule has 2 aliphatic rings. The Morgan fingerprint density at radius 3 is 2.26 bits per heavy atom. The van der Waals surface area contributed by atoms with Crippen LogP contribution in [0.1, 0.15) is 72.9 Å². The van der Waals surface area contributed by atoms with Crippen molar-refractivity contribution in [3.8, 4) is 16.9 Å². The van der Waals surface area contributed by atoms with E-state index in [1.165, 1.54) is 0 Å². The first-order valence-electron chi connectivity index (χ1n) is 15.6. The van der Waals surface area contributed by atoms with Crippen LogP contribution in [0.15, 0.2) is 58.4 Å². The number of carbonyl (C=O) groups excluding carboxylic acids is 1. The molecule has 250 valence electrons. The van der Waals surface area contributed by atoms with Gasteiger partial charge in [0.25, 0.3) is 10.0 Å². The Labute approximate surface area is 275 Å². The molecule has 11 nitrogen and oxygen atoms in total. The first-order valence-corrected chi connectivity index (χ1v) is 17.1. The Kier molecular flexibility index (Phi) is 9.27. The van der Waals surface area contributed by atoms with Crippen LogP contribution in [0.5, 0.6) is 5.75 Å². The molecule has 4 N–H and O–H groups in total. The smallest absolute Gasteiger partial charge is 0.419 e. The predicted octanol–water partition coefficient (Wildman–Crippen LogP) is 6.02. The predicted molar refractivity (Wildman–Crippen MR) is 180 cm³/mol. The van der Waals surface area contributed by atoms with Gasteiger partial charge in [0.2, 0.25) is 5.96 Å². The fourth-order valence-corrected chi connectivity index (χ4v) is 8.22. The van der Waals surface area contributed by atoms with Gasteiger partial charge in [-0.2, -0.15) is 0 Å². The molecule has 0 fully saturated rings. The molecule has 5 rings (SSSR count). The van der Waals surface area contributed by atoms with Gasteiger partial charge in [-0.15, -0.1) is 0 Å². The molecule has 1 heterocycles. The number of aliphatic imine (C=N–C) groups is 1. The number of hydrogen-bond acceptors (Lipinski definition) is 7. The quantitative estimate of drug-likeness (QED) is 0.143. The number of nitrogens with one attached hydrogen (secondary N) is 1. The van der Waals surface area contributed by atoms with E-state index in [1.54, 1.807) is 20.8 Å². The van der Waals surface area contributed by atoms with E-state index in [0.29, 0.717) is 28.9 Å². The molecular formula is C35H42N4O7S. The second-order valence-corrected chi connectivity index (χ2v) is 14.5. The molecule has 0 bridgehead atoms. The number of rotatable bonds is 9. The monoisotopic (exact) mass is 662 g/mol. The summed E-state index contributed by atoms with van der Waals surface area (Å²) in [4.78, 5) is 30.1. The number of ether oxygens (including phenoxy) is 2. The van der Waals surface area contributed by atoms with Crippen LogP contribution < -0.4 is 15.2 Å². The molecule has 2 amide bonds. The SMILES string of the molecule is Cc1c(C)c(S(=O)(=O)NC(N)=NCCC[C@@H](C)N(C(=O)O)C(=O)OCC2c3ccccc3-c3ccccc32)c(C)c2c1OC(C)(C)C2. The number of nitrogens with two attached hydrogens (primary N) is 1. The lowest BCUT2D eigenvalue weighted by Gasteiger charge is -2.25. The molecule has 47 heavy (non-hydrogen) atoms.